The van der Waals surface area contributed by atoms with Gasteiger partial charge in [0.25, 0.3) is 0 Å². The van der Waals surface area contributed by atoms with Crippen molar-refractivity contribution in [2.24, 2.45) is 11.8 Å². The molecule has 1 fully saturated rings. The first-order valence-corrected chi connectivity index (χ1v) is 4.63. The van der Waals surface area contributed by atoms with Crippen molar-refractivity contribution in [1.29, 1.82) is 0 Å². The Morgan fingerprint density at radius 1 is 1.54 bits per heavy atom. The van der Waals surface area contributed by atoms with Crippen molar-refractivity contribution in [3.8, 4) is 0 Å². The molecule has 2 nitrogen and oxygen atoms in total. The predicted octanol–water partition coefficient (Wildman–Crippen LogP) is 1.90. The highest BCUT2D eigenvalue weighted by atomic mass is 16.4. The van der Waals surface area contributed by atoms with E-state index in [1.54, 1.807) is 0 Å². The predicted molar refractivity (Wildman–Crippen MR) is 48.1 cm³/mol. The summed E-state index contributed by atoms with van der Waals surface area (Å²) in [6.07, 6.45) is 8.48. The van der Waals surface area contributed by atoms with Crippen LogP contribution in [-0.4, -0.2) is 11.1 Å². The summed E-state index contributed by atoms with van der Waals surface area (Å²) in [7, 11) is 0. The molecule has 0 aliphatic heterocycles. The summed E-state index contributed by atoms with van der Waals surface area (Å²) in [6, 6.07) is 0. The van der Waals surface area contributed by atoms with E-state index >= 15 is 0 Å². The van der Waals surface area contributed by atoms with Gasteiger partial charge in [0.2, 0.25) is 0 Å². The topological polar surface area (TPSA) is 37.3 Å². The average molecular weight is 174 g/mol. The van der Waals surface area contributed by atoms with E-state index in [-0.39, 0.29) is 11.8 Å². The summed E-state index contributed by atoms with van der Waals surface area (Å²) in [5.74, 6) is -0.556. The SMILES string of the molecule is O=C(O)C1C2=CC3=C(CCC=C3)C21. The van der Waals surface area contributed by atoms with Crippen LogP contribution in [0.2, 0.25) is 0 Å². The second-order valence-corrected chi connectivity index (χ2v) is 3.86. The van der Waals surface area contributed by atoms with Crippen LogP contribution in [0.25, 0.3) is 0 Å². The van der Waals surface area contributed by atoms with Crippen LogP contribution in [0.15, 0.2) is 34.9 Å². The second-order valence-electron chi connectivity index (χ2n) is 3.86. The lowest BCUT2D eigenvalue weighted by atomic mass is 9.95. The highest BCUT2D eigenvalue weighted by Crippen LogP contribution is 2.58. The number of carboxylic acids is 1. The molecular formula is C11H10O2. The third-order valence-electron chi connectivity index (χ3n) is 3.15. The fourth-order valence-electron chi connectivity index (χ4n) is 2.51. The Bertz CT molecular complexity index is 385. The molecule has 3 aliphatic rings. The molecule has 3 aliphatic carbocycles. The van der Waals surface area contributed by atoms with E-state index < -0.39 is 5.97 Å². The summed E-state index contributed by atoms with van der Waals surface area (Å²) in [5.41, 5.74) is 3.78. The van der Waals surface area contributed by atoms with Crippen molar-refractivity contribution >= 4 is 5.97 Å². The zero-order valence-corrected chi connectivity index (χ0v) is 7.16. The van der Waals surface area contributed by atoms with E-state index in [4.69, 9.17) is 5.11 Å². The maximum Gasteiger partial charge on any atom is 0.311 e. The highest BCUT2D eigenvalue weighted by molar-refractivity contribution is 5.84. The Morgan fingerprint density at radius 2 is 2.38 bits per heavy atom. The molecule has 0 saturated heterocycles. The molecule has 2 unspecified atom stereocenters. The van der Waals surface area contributed by atoms with Crippen LogP contribution < -0.4 is 0 Å². The summed E-state index contributed by atoms with van der Waals surface area (Å²) >= 11 is 0. The van der Waals surface area contributed by atoms with Crippen LogP contribution in [-0.2, 0) is 4.79 Å². The van der Waals surface area contributed by atoms with Gasteiger partial charge in [-0.25, -0.2) is 0 Å². The Kier molecular flexibility index (Phi) is 1.17. The van der Waals surface area contributed by atoms with Crippen molar-refractivity contribution in [3.05, 3.63) is 34.9 Å². The van der Waals surface area contributed by atoms with E-state index in [0.29, 0.717) is 0 Å². The van der Waals surface area contributed by atoms with Gasteiger partial charge in [0.15, 0.2) is 0 Å². The van der Waals surface area contributed by atoms with E-state index in [2.05, 4.69) is 18.2 Å². The van der Waals surface area contributed by atoms with Crippen LogP contribution in [0.4, 0.5) is 0 Å². The third-order valence-corrected chi connectivity index (χ3v) is 3.15. The van der Waals surface area contributed by atoms with Crippen LogP contribution >= 0.6 is 0 Å². The number of aliphatic carboxylic acids is 1. The van der Waals surface area contributed by atoms with Gasteiger partial charge in [0.05, 0.1) is 5.92 Å². The number of hydrogen-bond acceptors (Lipinski definition) is 1. The summed E-state index contributed by atoms with van der Waals surface area (Å²) in [5, 5.41) is 8.87. The van der Waals surface area contributed by atoms with Gasteiger partial charge in [0, 0.05) is 5.92 Å². The lowest BCUT2D eigenvalue weighted by molar-refractivity contribution is -0.138. The molecule has 2 atom stereocenters. The molecule has 0 spiro atoms. The monoisotopic (exact) mass is 174 g/mol. The van der Waals surface area contributed by atoms with Crippen LogP contribution in [0.1, 0.15) is 12.8 Å². The van der Waals surface area contributed by atoms with Crippen LogP contribution in [0.3, 0.4) is 0 Å². The molecule has 0 aromatic carbocycles. The molecular weight excluding hydrogens is 164 g/mol. The fraction of sp³-hybridized carbons (Fsp3) is 0.364. The van der Waals surface area contributed by atoms with Crippen molar-refractivity contribution in [2.45, 2.75) is 12.8 Å². The van der Waals surface area contributed by atoms with Gasteiger partial charge < -0.3 is 5.11 Å². The van der Waals surface area contributed by atoms with Gasteiger partial charge in [-0.05, 0) is 24.0 Å². The van der Waals surface area contributed by atoms with Gasteiger partial charge in [-0.1, -0.05) is 23.8 Å². The first kappa shape index (κ1) is 7.13. The number of hydrogen-bond donors (Lipinski definition) is 1. The first-order valence-electron chi connectivity index (χ1n) is 4.63. The molecule has 1 saturated carbocycles. The minimum absolute atomic E-state index is 0.176. The largest absolute Gasteiger partial charge is 0.481 e. The normalized spacial score (nSPS) is 34.0. The number of rotatable bonds is 1. The molecule has 0 amide bonds. The van der Waals surface area contributed by atoms with Crippen LogP contribution in [0, 0.1) is 11.8 Å². The van der Waals surface area contributed by atoms with E-state index in [9.17, 15) is 4.79 Å². The quantitative estimate of drug-likeness (QED) is 0.659. The van der Waals surface area contributed by atoms with E-state index in [0.717, 1.165) is 18.4 Å². The summed E-state index contributed by atoms with van der Waals surface area (Å²) < 4.78 is 0. The Morgan fingerprint density at radius 3 is 3.15 bits per heavy atom. The van der Waals surface area contributed by atoms with Gasteiger partial charge in [-0.2, -0.15) is 0 Å². The molecule has 1 N–H and O–H groups in total. The van der Waals surface area contributed by atoms with E-state index in [1.165, 1.54) is 11.1 Å². The zero-order valence-electron chi connectivity index (χ0n) is 7.16. The molecule has 0 aromatic heterocycles. The van der Waals surface area contributed by atoms with Gasteiger partial charge >= 0.3 is 5.97 Å². The van der Waals surface area contributed by atoms with Crippen molar-refractivity contribution < 1.29 is 9.90 Å². The van der Waals surface area contributed by atoms with Crippen molar-refractivity contribution in [1.82, 2.24) is 0 Å². The van der Waals surface area contributed by atoms with Gasteiger partial charge in [0.1, 0.15) is 0 Å². The first-order chi connectivity index (χ1) is 6.29. The zero-order chi connectivity index (χ0) is 9.00. The molecule has 2 heteroatoms. The molecule has 0 aromatic rings. The maximum atomic E-state index is 10.8. The van der Waals surface area contributed by atoms with Crippen LogP contribution in [0.5, 0.6) is 0 Å². The molecule has 0 heterocycles. The molecule has 3 rings (SSSR count). The second kappa shape index (κ2) is 2.13. The average Bonchev–Trinajstić information content (AvgIpc) is 2.71. The minimum atomic E-state index is -0.655. The maximum absolute atomic E-state index is 10.8. The molecule has 0 bridgehead atoms. The standard InChI is InChI=1S/C11H10O2/c12-11(13)10-8-5-6-3-1-2-4-7(6)9(8)10/h1,3,5,9-10H,2,4H2,(H,12,13). The summed E-state index contributed by atoms with van der Waals surface area (Å²) in [4.78, 5) is 10.8. The Balaban J connectivity index is 1.94. The summed E-state index contributed by atoms with van der Waals surface area (Å²) in [6.45, 7) is 0. The smallest absolute Gasteiger partial charge is 0.311 e. The Hall–Kier alpha value is -1.31. The molecule has 66 valence electrons. The molecule has 13 heavy (non-hydrogen) atoms. The number of allylic oxidation sites excluding steroid dienone is 5. The lowest BCUT2D eigenvalue weighted by Gasteiger charge is -2.10. The fourth-order valence-corrected chi connectivity index (χ4v) is 2.51. The number of carboxylic acid groups (broad SMARTS) is 1. The lowest BCUT2D eigenvalue weighted by Crippen LogP contribution is -2.04. The van der Waals surface area contributed by atoms with Gasteiger partial charge in [-0.3, -0.25) is 4.79 Å². The Labute approximate surface area is 76.3 Å². The third kappa shape index (κ3) is 0.804. The van der Waals surface area contributed by atoms with E-state index in [1.807, 2.05) is 0 Å². The molecule has 0 radical (unpaired) electrons. The highest BCUT2D eigenvalue weighted by Gasteiger charge is 2.54. The number of carbonyl (C=O) groups is 1. The number of fused-ring (bicyclic) bond motifs is 2. The van der Waals surface area contributed by atoms with Crippen molar-refractivity contribution in [2.75, 3.05) is 0 Å². The van der Waals surface area contributed by atoms with Gasteiger partial charge in [-0.15, -0.1) is 0 Å². The van der Waals surface area contributed by atoms with Crippen molar-refractivity contribution in [3.63, 3.8) is 0 Å². The minimum Gasteiger partial charge on any atom is -0.481 e.